The van der Waals surface area contributed by atoms with Crippen LogP contribution in [0.4, 0.5) is 5.69 Å². The highest BCUT2D eigenvalue weighted by Gasteiger charge is 2.57. The topological polar surface area (TPSA) is 8.17 Å². The van der Waals surface area contributed by atoms with Crippen molar-refractivity contribution in [2.24, 2.45) is 11.3 Å². The minimum absolute atomic E-state index is 0.0482. The monoisotopic (exact) mass is 606 g/mol. The predicted octanol–water partition coefficient (Wildman–Crippen LogP) is 11.3. The molecule has 2 heteroatoms. The average Bonchev–Trinajstić information content (AvgIpc) is 3.55. The summed E-state index contributed by atoms with van der Waals surface area (Å²) in [6.07, 6.45) is 8.46. The fraction of sp³-hybridized carbons (Fsp3) is 0.200. The van der Waals surface area contributed by atoms with Crippen molar-refractivity contribution in [2.75, 3.05) is 4.90 Å². The molecule has 1 aromatic heterocycles. The number of para-hydroxylation sites is 2. The zero-order valence-corrected chi connectivity index (χ0v) is 27.5. The molecule has 2 heterocycles. The van der Waals surface area contributed by atoms with E-state index in [0.717, 1.165) is 6.42 Å². The highest BCUT2D eigenvalue weighted by Crippen LogP contribution is 2.66. The number of rotatable bonds is 2. The second-order valence-corrected chi connectivity index (χ2v) is 14.8. The predicted molar refractivity (Wildman–Crippen MR) is 196 cm³/mol. The molecule has 0 amide bonds. The number of hydrogen-bond donors (Lipinski definition) is 0. The average molecular weight is 607 g/mol. The molecule has 0 saturated carbocycles. The first kappa shape index (κ1) is 27.1. The first-order valence-corrected chi connectivity index (χ1v) is 17.1. The summed E-state index contributed by atoms with van der Waals surface area (Å²) in [7, 11) is 0. The summed E-state index contributed by atoms with van der Waals surface area (Å²) in [6, 6.07) is 43.1. The minimum atomic E-state index is -0.170. The molecule has 47 heavy (non-hydrogen) atoms. The van der Waals surface area contributed by atoms with Gasteiger partial charge in [0.1, 0.15) is 0 Å². The Kier molecular flexibility index (Phi) is 5.33. The third-order valence-electron chi connectivity index (χ3n) is 11.9. The smallest absolute Gasteiger partial charge is 0.0542 e. The maximum Gasteiger partial charge on any atom is 0.0542 e. The van der Waals surface area contributed by atoms with E-state index >= 15 is 0 Å². The maximum atomic E-state index is 2.61. The number of allylic oxidation sites excluding steroid dienone is 3. The van der Waals surface area contributed by atoms with Crippen molar-refractivity contribution in [3.63, 3.8) is 0 Å². The van der Waals surface area contributed by atoms with Crippen LogP contribution in [0.5, 0.6) is 0 Å². The van der Waals surface area contributed by atoms with Gasteiger partial charge in [-0.25, -0.2) is 0 Å². The maximum absolute atomic E-state index is 2.61. The molecule has 3 aliphatic carbocycles. The molecule has 3 unspecified atom stereocenters. The number of aromatic nitrogens is 1. The normalized spacial score (nSPS) is 23.4. The quantitative estimate of drug-likeness (QED) is 0.190. The summed E-state index contributed by atoms with van der Waals surface area (Å²) in [5.74, 6) is 0.764. The standard InChI is InChI=1S/C45H38N2/c1-28-21-23-40-37(25-28)45(4)41(26-29-13-12-19-36-42(29)43(45)33-17-8-10-18-35(33)44(36,2)3)47(40)31-22-24-39-34(27-31)32-16-9-11-20-38(32)46(39)30-14-6-5-7-15-30/h5-24,26-28,43H,25H2,1-4H3. The molecule has 5 aromatic carbocycles. The summed E-state index contributed by atoms with van der Waals surface area (Å²) >= 11 is 0. The van der Waals surface area contributed by atoms with E-state index in [4.69, 9.17) is 0 Å². The number of nitrogens with zero attached hydrogens (tertiary/aromatic N) is 2. The van der Waals surface area contributed by atoms with Gasteiger partial charge >= 0.3 is 0 Å². The van der Waals surface area contributed by atoms with Gasteiger partial charge in [-0.3, -0.25) is 0 Å². The Labute approximate surface area is 277 Å². The molecule has 4 aliphatic rings. The summed E-state index contributed by atoms with van der Waals surface area (Å²) in [6.45, 7) is 9.76. The molecule has 6 aromatic rings. The summed E-state index contributed by atoms with van der Waals surface area (Å²) in [5.41, 5.74) is 16.3. The SMILES string of the molecule is CC1C=CC2=C(C1)C1(C)C(=Cc3cccc4c3C1c1ccccc1C4(C)C)N2c1ccc2c(c1)c1ccccc1n2-c1ccccc1. The van der Waals surface area contributed by atoms with Crippen molar-refractivity contribution < 1.29 is 0 Å². The van der Waals surface area contributed by atoms with E-state index in [1.807, 2.05) is 0 Å². The third kappa shape index (κ3) is 3.41. The van der Waals surface area contributed by atoms with Crippen molar-refractivity contribution in [3.8, 4) is 5.69 Å². The third-order valence-corrected chi connectivity index (χ3v) is 11.9. The van der Waals surface area contributed by atoms with Crippen LogP contribution < -0.4 is 4.90 Å². The molecule has 0 radical (unpaired) electrons. The Morgan fingerprint density at radius 2 is 1.43 bits per heavy atom. The zero-order valence-electron chi connectivity index (χ0n) is 27.5. The molecule has 228 valence electrons. The van der Waals surface area contributed by atoms with Gasteiger partial charge in [0.15, 0.2) is 0 Å². The van der Waals surface area contributed by atoms with Crippen LogP contribution in [0.1, 0.15) is 67.9 Å². The molecule has 0 bridgehead atoms. The Morgan fingerprint density at radius 1 is 0.681 bits per heavy atom. The number of benzene rings is 5. The molecule has 1 aliphatic heterocycles. The lowest BCUT2D eigenvalue weighted by Crippen LogP contribution is -2.41. The van der Waals surface area contributed by atoms with Crippen molar-refractivity contribution >= 4 is 33.6 Å². The summed E-state index contributed by atoms with van der Waals surface area (Å²) in [5, 5.41) is 2.57. The van der Waals surface area contributed by atoms with Gasteiger partial charge < -0.3 is 9.47 Å². The van der Waals surface area contributed by atoms with Crippen LogP contribution in [0.3, 0.4) is 0 Å². The van der Waals surface area contributed by atoms with Gasteiger partial charge in [0.2, 0.25) is 0 Å². The molecule has 0 fully saturated rings. The van der Waals surface area contributed by atoms with Crippen LogP contribution in [0.25, 0.3) is 33.6 Å². The lowest BCUT2D eigenvalue weighted by Gasteiger charge is -2.50. The zero-order chi connectivity index (χ0) is 31.7. The van der Waals surface area contributed by atoms with Crippen LogP contribution in [-0.2, 0) is 5.41 Å². The second-order valence-electron chi connectivity index (χ2n) is 14.8. The molecule has 2 nitrogen and oxygen atoms in total. The van der Waals surface area contributed by atoms with Crippen molar-refractivity contribution in [3.05, 3.63) is 172 Å². The number of fused-ring (bicyclic) bond motifs is 8. The van der Waals surface area contributed by atoms with E-state index in [0.29, 0.717) is 5.92 Å². The van der Waals surface area contributed by atoms with E-state index in [1.54, 1.807) is 5.57 Å². The molecular weight excluding hydrogens is 569 g/mol. The second kappa shape index (κ2) is 9.26. The highest BCUT2D eigenvalue weighted by atomic mass is 15.2. The molecule has 0 spiro atoms. The first-order valence-electron chi connectivity index (χ1n) is 17.1. The van der Waals surface area contributed by atoms with Gasteiger partial charge in [-0.05, 0) is 101 Å². The van der Waals surface area contributed by atoms with Gasteiger partial charge in [0.25, 0.3) is 0 Å². The Bertz CT molecular complexity index is 2400. The molecular formula is C45H38N2. The van der Waals surface area contributed by atoms with Gasteiger partial charge in [-0.1, -0.05) is 106 Å². The van der Waals surface area contributed by atoms with Crippen LogP contribution in [0, 0.1) is 11.3 Å². The van der Waals surface area contributed by atoms with E-state index in [9.17, 15) is 0 Å². The first-order chi connectivity index (χ1) is 22.9. The van der Waals surface area contributed by atoms with Crippen LogP contribution in [0.2, 0.25) is 0 Å². The van der Waals surface area contributed by atoms with E-state index < -0.39 is 0 Å². The summed E-state index contributed by atoms with van der Waals surface area (Å²) < 4.78 is 2.41. The molecule has 3 atom stereocenters. The van der Waals surface area contributed by atoms with Crippen LogP contribution in [0.15, 0.2) is 144 Å². The van der Waals surface area contributed by atoms with Gasteiger partial charge in [0, 0.05) is 50.3 Å². The molecule has 0 saturated heterocycles. The molecule has 0 N–H and O–H groups in total. The van der Waals surface area contributed by atoms with Gasteiger partial charge in [-0.2, -0.15) is 0 Å². The van der Waals surface area contributed by atoms with E-state index in [2.05, 4.69) is 171 Å². The number of anilines is 1. The fourth-order valence-electron chi connectivity index (χ4n) is 9.77. The lowest BCUT2D eigenvalue weighted by molar-refractivity contribution is 0.382. The fourth-order valence-corrected chi connectivity index (χ4v) is 9.77. The van der Waals surface area contributed by atoms with Crippen LogP contribution in [-0.4, -0.2) is 4.57 Å². The minimum Gasteiger partial charge on any atom is -0.313 e. The van der Waals surface area contributed by atoms with Crippen molar-refractivity contribution in [1.82, 2.24) is 4.57 Å². The Morgan fingerprint density at radius 3 is 2.30 bits per heavy atom. The lowest BCUT2D eigenvalue weighted by atomic mass is 9.53. The van der Waals surface area contributed by atoms with E-state index in [1.165, 1.54) is 72.4 Å². The molecule has 10 rings (SSSR count). The number of hydrogen-bond acceptors (Lipinski definition) is 1. The largest absolute Gasteiger partial charge is 0.313 e. The summed E-state index contributed by atoms with van der Waals surface area (Å²) in [4.78, 5) is 2.61. The van der Waals surface area contributed by atoms with Crippen LogP contribution >= 0.6 is 0 Å². The van der Waals surface area contributed by atoms with Crippen molar-refractivity contribution in [1.29, 1.82) is 0 Å². The van der Waals surface area contributed by atoms with Crippen molar-refractivity contribution in [2.45, 2.75) is 45.4 Å². The Hall–Kier alpha value is -5.08. The van der Waals surface area contributed by atoms with Gasteiger partial charge in [0.05, 0.1) is 11.0 Å². The van der Waals surface area contributed by atoms with E-state index in [-0.39, 0.29) is 16.7 Å². The highest BCUT2D eigenvalue weighted by molar-refractivity contribution is 6.10. The van der Waals surface area contributed by atoms with Gasteiger partial charge in [-0.15, -0.1) is 0 Å². The Balaban J connectivity index is 1.25.